The summed E-state index contributed by atoms with van der Waals surface area (Å²) in [6.07, 6.45) is 0.787. The summed E-state index contributed by atoms with van der Waals surface area (Å²) in [5, 5.41) is 13.4. The predicted octanol–water partition coefficient (Wildman–Crippen LogP) is 1.63. The van der Waals surface area contributed by atoms with Crippen LogP contribution in [0.25, 0.3) is 0 Å². The Kier molecular flexibility index (Phi) is 2.41. The Morgan fingerprint density at radius 3 is 2.77 bits per heavy atom. The lowest BCUT2D eigenvalue weighted by Crippen LogP contribution is -2.28. The van der Waals surface area contributed by atoms with Gasteiger partial charge in [0.15, 0.2) is 0 Å². The van der Waals surface area contributed by atoms with E-state index in [1.54, 1.807) is 0 Å². The average molecular weight is 242 g/mol. The summed E-state index contributed by atoms with van der Waals surface area (Å²) in [7, 11) is 0. The van der Waals surface area contributed by atoms with Gasteiger partial charge < -0.3 is 10.4 Å². The van der Waals surface area contributed by atoms with Crippen LogP contribution in [0.3, 0.4) is 0 Å². The van der Waals surface area contributed by atoms with Crippen molar-refractivity contribution in [3.63, 3.8) is 0 Å². The van der Waals surface area contributed by atoms with Crippen molar-refractivity contribution < 1.29 is 5.11 Å². The molecule has 1 aliphatic rings. The largest absolute Gasteiger partial charge is 0.384 e. The van der Waals surface area contributed by atoms with Gasteiger partial charge in [0.1, 0.15) is 5.60 Å². The van der Waals surface area contributed by atoms with E-state index >= 15 is 0 Å². The molecule has 1 atom stereocenters. The smallest absolute Gasteiger partial charge is 0.104 e. The normalized spacial score (nSPS) is 27.8. The van der Waals surface area contributed by atoms with Crippen LogP contribution >= 0.6 is 15.9 Å². The Morgan fingerprint density at radius 1 is 1.38 bits per heavy atom. The summed E-state index contributed by atoms with van der Waals surface area (Å²) >= 11 is 3.45. The second-order valence-corrected chi connectivity index (χ2v) is 4.29. The molecule has 2 N–H and O–H groups in total. The standard InChI is InChI=1S/C10H12BrNO/c11-9-4-2-1-3-8(9)10(13)5-6-12-7-10/h1-4,12-13H,5-7H2. The third kappa shape index (κ3) is 1.64. The molecule has 70 valence electrons. The first-order chi connectivity index (χ1) is 6.22. The summed E-state index contributed by atoms with van der Waals surface area (Å²) < 4.78 is 0.987. The first-order valence-electron chi connectivity index (χ1n) is 4.40. The maximum Gasteiger partial charge on any atom is 0.104 e. The number of aliphatic hydroxyl groups is 1. The lowest BCUT2D eigenvalue weighted by atomic mass is 9.93. The molecule has 1 saturated heterocycles. The molecule has 2 rings (SSSR count). The number of hydrogen-bond acceptors (Lipinski definition) is 2. The van der Waals surface area contributed by atoms with Crippen molar-refractivity contribution in [1.82, 2.24) is 5.32 Å². The fourth-order valence-electron chi connectivity index (χ4n) is 1.75. The van der Waals surface area contributed by atoms with Gasteiger partial charge in [-0.1, -0.05) is 34.1 Å². The van der Waals surface area contributed by atoms with Gasteiger partial charge in [-0.2, -0.15) is 0 Å². The molecule has 0 saturated carbocycles. The number of hydrogen-bond donors (Lipinski definition) is 2. The molecule has 1 unspecified atom stereocenters. The van der Waals surface area contributed by atoms with Gasteiger partial charge in [-0.3, -0.25) is 0 Å². The Labute approximate surface area is 86.1 Å². The molecular weight excluding hydrogens is 230 g/mol. The van der Waals surface area contributed by atoms with Crippen LogP contribution in [0.2, 0.25) is 0 Å². The zero-order chi connectivity index (χ0) is 9.31. The number of nitrogens with one attached hydrogen (secondary N) is 1. The van der Waals surface area contributed by atoms with Crippen LogP contribution < -0.4 is 5.32 Å². The van der Waals surface area contributed by atoms with E-state index in [9.17, 15) is 5.11 Å². The molecule has 0 bridgehead atoms. The van der Waals surface area contributed by atoms with Gasteiger partial charge in [-0.25, -0.2) is 0 Å². The number of benzene rings is 1. The third-order valence-corrected chi connectivity index (χ3v) is 3.20. The number of halogens is 1. The fraction of sp³-hybridized carbons (Fsp3) is 0.400. The van der Waals surface area contributed by atoms with E-state index in [4.69, 9.17) is 0 Å². The van der Waals surface area contributed by atoms with Gasteiger partial charge in [0, 0.05) is 11.0 Å². The van der Waals surface area contributed by atoms with Crippen LogP contribution in [0.4, 0.5) is 0 Å². The summed E-state index contributed by atoms with van der Waals surface area (Å²) in [5.74, 6) is 0. The van der Waals surface area contributed by atoms with Crippen LogP contribution in [0.1, 0.15) is 12.0 Å². The number of rotatable bonds is 1. The average Bonchev–Trinajstić information content (AvgIpc) is 2.54. The second-order valence-electron chi connectivity index (χ2n) is 3.44. The summed E-state index contributed by atoms with van der Waals surface area (Å²) in [6.45, 7) is 1.54. The molecule has 0 aliphatic carbocycles. The Morgan fingerprint density at radius 2 is 2.15 bits per heavy atom. The molecule has 13 heavy (non-hydrogen) atoms. The van der Waals surface area contributed by atoms with Gasteiger partial charge in [0.2, 0.25) is 0 Å². The Bertz CT molecular complexity index is 308. The lowest BCUT2D eigenvalue weighted by Gasteiger charge is -2.22. The van der Waals surface area contributed by atoms with Crippen molar-refractivity contribution in [2.75, 3.05) is 13.1 Å². The van der Waals surface area contributed by atoms with E-state index in [2.05, 4.69) is 21.2 Å². The predicted molar refractivity (Wildman–Crippen MR) is 55.5 cm³/mol. The third-order valence-electron chi connectivity index (χ3n) is 2.51. The Balaban J connectivity index is 2.39. The van der Waals surface area contributed by atoms with Crippen LogP contribution in [0.15, 0.2) is 28.7 Å². The molecule has 1 aliphatic heterocycles. The summed E-state index contributed by atoms with van der Waals surface area (Å²) in [5.41, 5.74) is 0.306. The lowest BCUT2D eigenvalue weighted by molar-refractivity contribution is 0.0580. The van der Waals surface area contributed by atoms with Crippen molar-refractivity contribution in [3.8, 4) is 0 Å². The van der Waals surface area contributed by atoms with E-state index in [0.29, 0.717) is 6.54 Å². The minimum absolute atomic E-state index is 0.648. The zero-order valence-corrected chi connectivity index (χ0v) is 8.84. The van der Waals surface area contributed by atoms with E-state index in [0.717, 1.165) is 23.0 Å². The highest BCUT2D eigenvalue weighted by molar-refractivity contribution is 9.10. The molecule has 0 amide bonds. The van der Waals surface area contributed by atoms with E-state index in [-0.39, 0.29) is 0 Å². The van der Waals surface area contributed by atoms with Crippen LogP contribution in [0, 0.1) is 0 Å². The Hall–Kier alpha value is -0.380. The highest BCUT2D eigenvalue weighted by Crippen LogP contribution is 2.32. The fourth-order valence-corrected chi connectivity index (χ4v) is 2.40. The monoisotopic (exact) mass is 241 g/mol. The van der Waals surface area contributed by atoms with Crippen LogP contribution in [-0.2, 0) is 5.60 Å². The summed E-state index contributed by atoms with van der Waals surface area (Å²) in [6, 6.07) is 7.85. The SMILES string of the molecule is OC1(c2ccccc2Br)CCNC1. The van der Waals surface area contributed by atoms with Gasteiger partial charge in [0.05, 0.1) is 0 Å². The van der Waals surface area contributed by atoms with E-state index in [1.807, 2.05) is 24.3 Å². The highest BCUT2D eigenvalue weighted by atomic mass is 79.9. The molecule has 0 radical (unpaired) electrons. The minimum atomic E-state index is -0.680. The molecule has 0 spiro atoms. The minimum Gasteiger partial charge on any atom is -0.384 e. The first kappa shape index (κ1) is 9.19. The van der Waals surface area contributed by atoms with Gasteiger partial charge >= 0.3 is 0 Å². The van der Waals surface area contributed by atoms with Crippen LogP contribution in [0.5, 0.6) is 0 Å². The molecule has 2 nitrogen and oxygen atoms in total. The van der Waals surface area contributed by atoms with Crippen molar-refractivity contribution >= 4 is 15.9 Å². The van der Waals surface area contributed by atoms with Gasteiger partial charge in [-0.05, 0) is 24.6 Å². The molecular formula is C10H12BrNO. The van der Waals surface area contributed by atoms with E-state index in [1.165, 1.54) is 0 Å². The molecule has 0 aromatic heterocycles. The topological polar surface area (TPSA) is 32.3 Å². The van der Waals surface area contributed by atoms with Crippen molar-refractivity contribution in [2.24, 2.45) is 0 Å². The maximum absolute atomic E-state index is 10.3. The van der Waals surface area contributed by atoms with Crippen molar-refractivity contribution in [1.29, 1.82) is 0 Å². The maximum atomic E-state index is 10.3. The first-order valence-corrected chi connectivity index (χ1v) is 5.20. The quantitative estimate of drug-likeness (QED) is 0.784. The highest BCUT2D eigenvalue weighted by Gasteiger charge is 2.34. The molecule has 3 heteroatoms. The number of β-amino-alcohol motifs (C(OH)–C–C–N with tert-alkyl or cyclic N) is 1. The zero-order valence-electron chi connectivity index (χ0n) is 7.26. The van der Waals surface area contributed by atoms with Crippen LogP contribution in [-0.4, -0.2) is 18.2 Å². The molecule has 1 fully saturated rings. The molecule has 1 aromatic rings. The molecule has 1 aromatic carbocycles. The molecule has 1 heterocycles. The van der Waals surface area contributed by atoms with Crippen molar-refractivity contribution in [2.45, 2.75) is 12.0 Å². The van der Waals surface area contributed by atoms with Gasteiger partial charge in [-0.15, -0.1) is 0 Å². The van der Waals surface area contributed by atoms with E-state index < -0.39 is 5.60 Å². The van der Waals surface area contributed by atoms with Gasteiger partial charge in [0.25, 0.3) is 0 Å². The van der Waals surface area contributed by atoms with Crippen molar-refractivity contribution in [3.05, 3.63) is 34.3 Å². The second kappa shape index (κ2) is 3.40. The summed E-state index contributed by atoms with van der Waals surface area (Å²) in [4.78, 5) is 0.